The molecule has 1 aliphatic carbocycles. The number of fused-ring (bicyclic) bond motifs is 2. The van der Waals surface area contributed by atoms with Crippen molar-refractivity contribution in [3.8, 4) is 22.8 Å². The number of thiophene rings is 1. The lowest BCUT2D eigenvalue weighted by Gasteiger charge is -2.18. The van der Waals surface area contributed by atoms with Crippen LogP contribution < -0.4 is 20.3 Å². The first-order valence-corrected chi connectivity index (χ1v) is 11.2. The van der Waals surface area contributed by atoms with Crippen LogP contribution in [0.15, 0.2) is 30.5 Å². The van der Waals surface area contributed by atoms with E-state index in [2.05, 4.69) is 21.0 Å². The van der Waals surface area contributed by atoms with Gasteiger partial charge in [0.2, 0.25) is 0 Å². The number of hydrazine groups is 1. The number of nitrogens with one attached hydrogen (secondary N) is 3. The van der Waals surface area contributed by atoms with Crippen LogP contribution in [0.3, 0.4) is 0 Å². The monoisotopic (exact) mass is 438 g/mol. The summed E-state index contributed by atoms with van der Waals surface area (Å²) in [5.41, 5.74) is 7.87. The highest BCUT2D eigenvalue weighted by Gasteiger charge is 2.20. The molecule has 31 heavy (non-hydrogen) atoms. The van der Waals surface area contributed by atoms with E-state index in [1.807, 2.05) is 12.1 Å². The highest BCUT2D eigenvalue weighted by molar-refractivity contribution is 7.14. The lowest BCUT2D eigenvalue weighted by molar-refractivity contribution is 0.0849. The summed E-state index contributed by atoms with van der Waals surface area (Å²) in [6, 6.07) is 7.38. The van der Waals surface area contributed by atoms with E-state index in [0.29, 0.717) is 40.8 Å². The Balaban J connectivity index is 1.28. The smallest absolute Gasteiger partial charge is 0.279 e. The largest absolute Gasteiger partial charge is 0.486 e. The van der Waals surface area contributed by atoms with Gasteiger partial charge in [0.15, 0.2) is 11.5 Å². The molecule has 160 valence electrons. The Morgan fingerprint density at radius 1 is 0.968 bits per heavy atom. The molecule has 5 rings (SSSR count). The van der Waals surface area contributed by atoms with Crippen molar-refractivity contribution in [3.63, 3.8) is 0 Å². The Bertz CT molecular complexity index is 1110. The quantitative estimate of drug-likeness (QED) is 0.430. The molecular weight excluding hydrogens is 416 g/mol. The minimum absolute atomic E-state index is 0.309. The van der Waals surface area contributed by atoms with Gasteiger partial charge >= 0.3 is 0 Å². The van der Waals surface area contributed by atoms with Crippen LogP contribution in [0.25, 0.3) is 11.3 Å². The van der Waals surface area contributed by atoms with Crippen LogP contribution in [0.5, 0.6) is 11.5 Å². The fourth-order valence-electron chi connectivity index (χ4n) is 3.90. The maximum atomic E-state index is 12.7. The molecule has 0 bridgehead atoms. The average molecular weight is 439 g/mol. The van der Waals surface area contributed by atoms with Gasteiger partial charge in [0, 0.05) is 10.4 Å². The molecule has 0 unspecified atom stereocenters. The first-order valence-electron chi connectivity index (χ1n) is 10.3. The number of aryl methyl sites for hydroxylation is 2. The minimum atomic E-state index is -0.454. The Kier molecular flexibility index (Phi) is 5.33. The Morgan fingerprint density at radius 3 is 2.68 bits per heavy atom. The van der Waals surface area contributed by atoms with E-state index < -0.39 is 5.91 Å². The molecule has 3 aromatic rings. The maximum absolute atomic E-state index is 12.7. The summed E-state index contributed by atoms with van der Waals surface area (Å²) in [7, 11) is 0. The van der Waals surface area contributed by atoms with E-state index in [4.69, 9.17) is 9.47 Å². The number of carbonyl (C=O) groups excluding carboxylic acids is 2. The number of nitrogens with zero attached hydrogens (tertiary/aromatic N) is 1. The third-order valence-corrected chi connectivity index (χ3v) is 6.71. The second-order valence-electron chi connectivity index (χ2n) is 7.55. The predicted octanol–water partition coefficient (Wildman–Crippen LogP) is 3.25. The number of benzene rings is 1. The molecule has 0 saturated carbocycles. The molecule has 2 aromatic heterocycles. The zero-order valence-electron chi connectivity index (χ0n) is 16.8. The summed E-state index contributed by atoms with van der Waals surface area (Å²) < 4.78 is 11.2. The molecule has 3 heterocycles. The second kappa shape index (κ2) is 8.43. The number of hydrogen-bond acceptors (Lipinski definition) is 6. The van der Waals surface area contributed by atoms with Crippen molar-refractivity contribution in [1.82, 2.24) is 21.0 Å². The molecule has 1 aliphatic heterocycles. The van der Waals surface area contributed by atoms with Gasteiger partial charge in [-0.25, -0.2) is 0 Å². The van der Waals surface area contributed by atoms with Crippen molar-refractivity contribution in [3.05, 3.63) is 51.3 Å². The van der Waals surface area contributed by atoms with Crippen molar-refractivity contribution < 1.29 is 19.1 Å². The molecular formula is C22H22N4O4S. The summed E-state index contributed by atoms with van der Waals surface area (Å²) in [6.45, 7) is 0.988. The van der Waals surface area contributed by atoms with Gasteiger partial charge in [-0.05, 0) is 55.5 Å². The van der Waals surface area contributed by atoms with E-state index in [1.54, 1.807) is 12.1 Å². The van der Waals surface area contributed by atoms with Crippen LogP contribution in [0.1, 0.15) is 49.7 Å². The first kappa shape index (κ1) is 19.6. The summed E-state index contributed by atoms with van der Waals surface area (Å²) in [4.78, 5) is 27.2. The molecule has 2 aliphatic rings. The average Bonchev–Trinajstić information content (AvgIpc) is 3.39. The van der Waals surface area contributed by atoms with Crippen molar-refractivity contribution in [1.29, 1.82) is 0 Å². The van der Waals surface area contributed by atoms with Gasteiger partial charge in [-0.15, -0.1) is 11.3 Å². The molecule has 0 atom stereocenters. The summed E-state index contributed by atoms with van der Waals surface area (Å²) in [5.74, 6) is 0.526. The molecule has 0 spiro atoms. The van der Waals surface area contributed by atoms with Gasteiger partial charge in [-0.3, -0.25) is 25.5 Å². The maximum Gasteiger partial charge on any atom is 0.279 e. The van der Waals surface area contributed by atoms with Crippen LogP contribution in [-0.4, -0.2) is 35.2 Å². The number of aromatic nitrogens is 2. The Hall–Kier alpha value is -3.33. The van der Waals surface area contributed by atoms with Crippen molar-refractivity contribution in [2.24, 2.45) is 0 Å². The summed E-state index contributed by atoms with van der Waals surface area (Å²) in [6.07, 6.45) is 7.02. The van der Waals surface area contributed by atoms with Crippen molar-refractivity contribution in [2.45, 2.75) is 32.1 Å². The standard InChI is InChI=1S/C22H22N4O4S/c27-21(25-26-22(28)19-11-13-4-2-1-3-5-18(13)31-19)15-12-23-24-20(15)14-6-7-16-17(10-14)30-9-8-29-16/h6-7,10-12H,1-5,8-9H2,(H,23,24)(H,25,27)(H,26,28). The molecule has 0 radical (unpaired) electrons. The lowest BCUT2D eigenvalue weighted by atomic mass is 10.1. The highest BCUT2D eigenvalue weighted by Crippen LogP contribution is 2.35. The number of rotatable bonds is 3. The van der Waals surface area contributed by atoms with Gasteiger partial charge < -0.3 is 9.47 Å². The fraction of sp³-hybridized carbons (Fsp3) is 0.318. The first-order chi connectivity index (χ1) is 15.2. The van der Waals surface area contributed by atoms with Crippen LogP contribution in [0.2, 0.25) is 0 Å². The van der Waals surface area contributed by atoms with Crippen molar-refractivity contribution >= 4 is 23.2 Å². The molecule has 9 heteroatoms. The van der Waals surface area contributed by atoms with Gasteiger partial charge in [-0.1, -0.05) is 6.42 Å². The van der Waals surface area contributed by atoms with Crippen LogP contribution in [0.4, 0.5) is 0 Å². The molecule has 0 saturated heterocycles. The zero-order chi connectivity index (χ0) is 21.2. The third-order valence-electron chi connectivity index (χ3n) is 5.47. The van der Waals surface area contributed by atoms with E-state index in [1.165, 1.54) is 34.4 Å². The van der Waals surface area contributed by atoms with E-state index >= 15 is 0 Å². The molecule has 1 aromatic carbocycles. The van der Waals surface area contributed by atoms with E-state index in [9.17, 15) is 9.59 Å². The number of carbonyl (C=O) groups is 2. The normalized spacial score (nSPS) is 15.0. The van der Waals surface area contributed by atoms with Crippen LogP contribution >= 0.6 is 11.3 Å². The number of aromatic amines is 1. The van der Waals surface area contributed by atoms with E-state index in [0.717, 1.165) is 31.2 Å². The molecule has 8 nitrogen and oxygen atoms in total. The summed E-state index contributed by atoms with van der Waals surface area (Å²) in [5, 5.41) is 6.85. The van der Waals surface area contributed by atoms with Crippen molar-refractivity contribution in [2.75, 3.05) is 13.2 Å². The third kappa shape index (κ3) is 4.00. The minimum Gasteiger partial charge on any atom is -0.486 e. The molecule has 3 N–H and O–H groups in total. The predicted molar refractivity (Wildman–Crippen MR) is 116 cm³/mol. The number of amides is 2. The summed E-state index contributed by atoms with van der Waals surface area (Å²) >= 11 is 1.51. The lowest BCUT2D eigenvalue weighted by Crippen LogP contribution is -2.41. The van der Waals surface area contributed by atoms with Gasteiger partial charge in [0.05, 0.1) is 22.3 Å². The zero-order valence-corrected chi connectivity index (χ0v) is 17.6. The Morgan fingerprint density at radius 2 is 1.77 bits per heavy atom. The number of ether oxygens (including phenoxy) is 2. The SMILES string of the molecule is O=C(NNC(=O)c1cn[nH]c1-c1ccc2c(c1)OCCO2)c1cc2c(s1)CCCCC2. The van der Waals surface area contributed by atoms with Gasteiger partial charge in [0.25, 0.3) is 11.8 Å². The fourth-order valence-corrected chi connectivity index (χ4v) is 5.05. The highest BCUT2D eigenvalue weighted by atomic mass is 32.1. The second-order valence-corrected chi connectivity index (χ2v) is 8.68. The van der Waals surface area contributed by atoms with Crippen LogP contribution in [-0.2, 0) is 12.8 Å². The van der Waals surface area contributed by atoms with Crippen LogP contribution in [0, 0.1) is 0 Å². The topological polar surface area (TPSA) is 105 Å². The molecule has 2 amide bonds. The molecule has 0 fully saturated rings. The number of hydrogen-bond donors (Lipinski definition) is 3. The van der Waals surface area contributed by atoms with Gasteiger partial charge in [-0.2, -0.15) is 5.10 Å². The Labute approximate surface area is 182 Å². The van der Waals surface area contributed by atoms with Gasteiger partial charge in [0.1, 0.15) is 13.2 Å². The number of H-pyrrole nitrogens is 1. The van der Waals surface area contributed by atoms with E-state index in [-0.39, 0.29) is 5.91 Å².